The molecule has 2 heterocycles. The molecule has 4 rings (SSSR count). The molecule has 29 heavy (non-hydrogen) atoms. The Morgan fingerprint density at radius 3 is 2.52 bits per heavy atom. The van der Waals surface area contributed by atoms with E-state index < -0.39 is 15.9 Å². The Morgan fingerprint density at radius 2 is 1.90 bits per heavy atom. The summed E-state index contributed by atoms with van der Waals surface area (Å²) in [5, 5.41) is 1.34. The zero-order valence-corrected chi connectivity index (χ0v) is 18.2. The van der Waals surface area contributed by atoms with Crippen LogP contribution >= 0.6 is 34.5 Å². The van der Waals surface area contributed by atoms with Crippen LogP contribution in [0.2, 0.25) is 10.0 Å². The smallest absolute Gasteiger partial charge is 0.266 e. The Kier molecular flexibility index (Phi) is 5.59. The molecule has 0 N–H and O–H groups in total. The zero-order chi connectivity index (χ0) is 20.8. The van der Waals surface area contributed by atoms with Crippen molar-refractivity contribution in [1.82, 2.24) is 4.90 Å². The van der Waals surface area contributed by atoms with Gasteiger partial charge in [-0.3, -0.25) is 4.79 Å². The van der Waals surface area contributed by atoms with E-state index in [1.54, 1.807) is 24.3 Å². The van der Waals surface area contributed by atoms with Gasteiger partial charge >= 0.3 is 0 Å². The summed E-state index contributed by atoms with van der Waals surface area (Å²) in [6.45, 7) is 0.164. The van der Waals surface area contributed by atoms with Crippen molar-refractivity contribution in [3.63, 3.8) is 0 Å². The fourth-order valence-electron chi connectivity index (χ4n) is 3.51. The number of hydrogen-bond acceptors (Lipinski definition) is 4. The van der Waals surface area contributed by atoms with Gasteiger partial charge in [-0.2, -0.15) is 0 Å². The third-order valence-corrected chi connectivity index (χ3v) is 8.68. The van der Waals surface area contributed by atoms with Crippen LogP contribution in [0.3, 0.4) is 0 Å². The quantitative estimate of drug-likeness (QED) is 0.526. The van der Waals surface area contributed by atoms with Gasteiger partial charge in [0.25, 0.3) is 5.91 Å². The van der Waals surface area contributed by atoms with E-state index in [1.807, 2.05) is 6.07 Å². The van der Waals surface area contributed by atoms with Crippen molar-refractivity contribution < 1.29 is 17.6 Å². The van der Waals surface area contributed by atoms with Crippen molar-refractivity contribution in [2.24, 2.45) is 0 Å². The zero-order valence-electron chi connectivity index (χ0n) is 15.1. The molecule has 0 radical (unpaired) electrons. The molecule has 1 fully saturated rings. The van der Waals surface area contributed by atoms with Crippen molar-refractivity contribution in [2.45, 2.75) is 19.0 Å². The van der Waals surface area contributed by atoms with Crippen LogP contribution in [-0.4, -0.2) is 36.8 Å². The summed E-state index contributed by atoms with van der Waals surface area (Å²) in [4.78, 5) is 15.3. The molecule has 3 aromatic rings. The number of nitrogens with zero attached hydrogens (tertiary/aromatic N) is 1. The Morgan fingerprint density at radius 1 is 1.17 bits per heavy atom. The lowest BCUT2D eigenvalue weighted by Crippen LogP contribution is -2.40. The molecule has 1 atom stereocenters. The number of hydrogen-bond donors (Lipinski definition) is 0. The summed E-state index contributed by atoms with van der Waals surface area (Å²) in [6, 6.07) is 10.7. The first-order valence-corrected chi connectivity index (χ1v) is 12.3. The van der Waals surface area contributed by atoms with Crippen LogP contribution in [0.5, 0.6) is 0 Å². The largest absolute Gasteiger partial charge is 0.330 e. The van der Waals surface area contributed by atoms with Crippen LogP contribution in [0.25, 0.3) is 10.1 Å². The molecule has 2 aromatic carbocycles. The topological polar surface area (TPSA) is 54.5 Å². The number of rotatable bonds is 4. The third-order valence-electron chi connectivity index (χ3n) is 4.98. The minimum absolute atomic E-state index is 0.0385. The number of fused-ring (bicyclic) bond motifs is 1. The van der Waals surface area contributed by atoms with E-state index in [2.05, 4.69) is 0 Å². The molecule has 1 aliphatic heterocycles. The summed E-state index contributed by atoms with van der Waals surface area (Å²) in [5.74, 6) is -0.781. The van der Waals surface area contributed by atoms with E-state index >= 15 is 0 Å². The molecule has 1 unspecified atom stereocenters. The van der Waals surface area contributed by atoms with Crippen LogP contribution in [0.15, 0.2) is 42.5 Å². The number of halogens is 3. The summed E-state index contributed by atoms with van der Waals surface area (Å²) >= 11 is 14.0. The summed E-state index contributed by atoms with van der Waals surface area (Å²) in [5.41, 5.74) is 0.708. The standard InChI is InChI=1S/C20H16Cl2FNO3S2/c21-15-2-1-3-16-17(15)18(22)19(28-16)20(25)24(14-8-9-29(26,27)11-14)10-12-4-6-13(23)7-5-12/h1-7,14H,8-11H2. The normalized spacial score (nSPS) is 18.2. The molecule has 0 spiro atoms. The second-order valence-corrected chi connectivity index (χ2v) is 11.0. The van der Waals surface area contributed by atoms with Gasteiger partial charge in [-0.15, -0.1) is 11.3 Å². The Labute approximate surface area is 181 Å². The fraction of sp³-hybridized carbons (Fsp3) is 0.250. The van der Waals surface area contributed by atoms with E-state index in [0.717, 1.165) is 4.70 Å². The highest BCUT2D eigenvalue weighted by atomic mass is 35.5. The van der Waals surface area contributed by atoms with Crippen LogP contribution in [0.1, 0.15) is 21.7 Å². The molecule has 4 nitrogen and oxygen atoms in total. The van der Waals surface area contributed by atoms with Gasteiger partial charge in [0.15, 0.2) is 9.84 Å². The van der Waals surface area contributed by atoms with Crippen LogP contribution < -0.4 is 0 Å². The predicted octanol–water partition coefficient (Wildman–Crippen LogP) is 5.18. The van der Waals surface area contributed by atoms with Gasteiger partial charge in [-0.05, 0) is 36.2 Å². The van der Waals surface area contributed by atoms with Crippen molar-refractivity contribution in [3.8, 4) is 0 Å². The van der Waals surface area contributed by atoms with Gasteiger partial charge in [0.2, 0.25) is 0 Å². The minimum atomic E-state index is -3.20. The lowest BCUT2D eigenvalue weighted by Gasteiger charge is -2.28. The molecule has 1 aliphatic rings. The number of amides is 1. The number of sulfone groups is 1. The Bertz CT molecular complexity index is 1190. The van der Waals surface area contributed by atoms with Gasteiger partial charge in [-0.25, -0.2) is 12.8 Å². The second kappa shape index (κ2) is 7.87. The lowest BCUT2D eigenvalue weighted by molar-refractivity contribution is 0.0686. The average Bonchev–Trinajstić information content (AvgIpc) is 3.21. The number of thiophene rings is 1. The monoisotopic (exact) mass is 471 g/mol. The number of carbonyl (C=O) groups excluding carboxylic acids is 1. The molecule has 1 saturated heterocycles. The summed E-state index contributed by atoms with van der Waals surface area (Å²) < 4.78 is 38.1. The van der Waals surface area contributed by atoms with Gasteiger partial charge in [-0.1, -0.05) is 41.4 Å². The Balaban J connectivity index is 1.74. The van der Waals surface area contributed by atoms with E-state index in [4.69, 9.17) is 23.2 Å². The first-order valence-electron chi connectivity index (χ1n) is 8.87. The first-order chi connectivity index (χ1) is 13.7. The first kappa shape index (κ1) is 20.6. The molecule has 0 saturated carbocycles. The average molecular weight is 472 g/mol. The molecular weight excluding hydrogens is 456 g/mol. The lowest BCUT2D eigenvalue weighted by atomic mass is 10.1. The number of carbonyl (C=O) groups is 1. The Hall–Kier alpha value is -1.67. The van der Waals surface area contributed by atoms with Crippen molar-refractivity contribution >= 4 is 60.4 Å². The van der Waals surface area contributed by atoms with Crippen molar-refractivity contribution in [3.05, 3.63) is 68.8 Å². The predicted molar refractivity (Wildman–Crippen MR) is 115 cm³/mol. The maximum Gasteiger partial charge on any atom is 0.266 e. The maximum atomic E-state index is 13.5. The van der Waals surface area contributed by atoms with E-state index in [-0.39, 0.29) is 34.8 Å². The van der Waals surface area contributed by atoms with Crippen LogP contribution in [-0.2, 0) is 16.4 Å². The van der Waals surface area contributed by atoms with Crippen molar-refractivity contribution in [2.75, 3.05) is 11.5 Å². The SMILES string of the molecule is O=C(c1sc2cccc(Cl)c2c1Cl)N(Cc1ccc(F)cc1)C1CCS(=O)(=O)C1. The highest BCUT2D eigenvalue weighted by Gasteiger charge is 2.36. The molecule has 152 valence electrons. The minimum Gasteiger partial charge on any atom is -0.330 e. The molecule has 0 bridgehead atoms. The van der Waals surface area contributed by atoms with E-state index in [1.165, 1.54) is 28.4 Å². The highest BCUT2D eigenvalue weighted by Crippen LogP contribution is 2.40. The van der Waals surface area contributed by atoms with Crippen LogP contribution in [0, 0.1) is 5.82 Å². The van der Waals surface area contributed by atoms with E-state index in [9.17, 15) is 17.6 Å². The summed E-state index contributed by atoms with van der Waals surface area (Å²) in [6.07, 6.45) is 0.360. The van der Waals surface area contributed by atoms with Gasteiger partial charge in [0, 0.05) is 22.7 Å². The summed E-state index contributed by atoms with van der Waals surface area (Å²) in [7, 11) is -3.20. The molecule has 1 aromatic heterocycles. The van der Waals surface area contributed by atoms with Crippen LogP contribution in [0.4, 0.5) is 4.39 Å². The maximum absolute atomic E-state index is 13.5. The van der Waals surface area contributed by atoms with Gasteiger partial charge in [0.1, 0.15) is 10.7 Å². The molecule has 9 heteroatoms. The molecular formula is C20H16Cl2FNO3S2. The van der Waals surface area contributed by atoms with Crippen molar-refractivity contribution in [1.29, 1.82) is 0 Å². The molecule has 0 aliphatic carbocycles. The number of benzene rings is 2. The van der Waals surface area contributed by atoms with Gasteiger partial charge in [0.05, 0.1) is 21.6 Å². The fourth-order valence-corrected chi connectivity index (χ4v) is 7.15. The molecule has 1 amide bonds. The van der Waals surface area contributed by atoms with E-state index in [0.29, 0.717) is 27.3 Å². The second-order valence-electron chi connectivity index (χ2n) is 6.97. The van der Waals surface area contributed by atoms with Gasteiger partial charge < -0.3 is 4.90 Å². The third kappa shape index (κ3) is 4.14. The highest BCUT2D eigenvalue weighted by molar-refractivity contribution is 7.91.